The molecule has 0 spiro atoms. The third-order valence-corrected chi connectivity index (χ3v) is 5.21. The van der Waals surface area contributed by atoms with Crippen LogP contribution in [0.15, 0.2) is 41.3 Å². The predicted molar refractivity (Wildman–Crippen MR) is 104 cm³/mol. The fourth-order valence-corrected chi connectivity index (χ4v) is 3.61. The highest BCUT2D eigenvalue weighted by atomic mass is 19.1. The number of anilines is 1. The summed E-state index contributed by atoms with van der Waals surface area (Å²) in [5, 5.41) is 9.12. The zero-order valence-electron chi connectivity index (χ0n) is 15.6. The van der Waals surface area contributed by atoms with E-state index in [0.29, 0.717) is 5.69 Å². The Bertz CT molecular complexity index is 1200. The van der Waals surface area contributed by atoms with Crippen molar-refractivity contribution in [3.05, 3.63) is 63.9 Å². The van der Waals surface area contributed by atoms with Crippen molar-refractivity contribution in [3.8, 4) is 5.69 Å². The molecular formula is C20H17F3N4O3. The number of carboxylic acid groups (broad SMARTS) is 1. The van der Waals surface area contributed by atoms with E-state index in [-0.39, 0.29) is 36.5 Å². The first kappa shape index (κ1) is 19.9. The SMILES string of the molecule is NCC1CN(c2nc3c(cc2F)c(=O)c(C(=O)O)cn3-c2ccc(F)cc2)CC1F. The fourth-order valence-electron chi connectivity index (χ4n) is 3.61. The number of hydrogen-bond donors (Lipinski definition) is 2. The number of halogens is 3. The molecule has 3 heterocycles. The summed E-state index contributed by atoms with van der Waals surface area (Å²) in [6, 6.07) is 5.95. The Kier molecular flexibility index (Phi) is 4.94. The summed E-state index contributed by atoms with van der Waals surface area (Å²) in [4.78, 5) is 29.8. The molecule has 0 amide bonds. The summed E-state index contributed by atoms with van der Waals surface area (Å²) >= 11 is 0. The van der Waals surface area contributed by atoms with Gasteiger partial charge in [0, 0.05) is 24.3 Å². The maximum atomic E-state index is 14.8. The van der Waals surface area contributed by atoms with E-state index >= 15 is 0 Å². The van der Waals surface area contributed by atoms with Gasteiger partial charge in [-0.15, -0.1) is 0 Å². The quantitative estimate of drug-likeness (QED) is 0.673. The molecule has 1 fully saturated rings. The van der Waals surface area contributed by atoms with Gasteiger partial charge in [0.25, 0.3) is 0 Å². The lowest BCUT2D eigenvalue weighted by atomic mass is 10.1. The second-order valence-electron chi connectivity index (χ2n) is 7.11. The van der Waals surface area contributed by atoms with Gasteiger partial charge in [0.2, 0.25) is 5.43 Å². The molecule has 0 bridgehead atoms. The number of nitrogens with two attached hydrogens (primary N) is 1. The highest BCUT2D eigenvalue weighted by Gasteiger charge is 2.34. The van der Waals surface area contributed by atoms with Gasteiger partial charge in [-0.1, -0.05) is 0 Å². The molecule has 0 radical (unpaired) electrons. The monoisotopic (exact) mass is 418 g/mol. The smallest absolute Gasteiger partial charge is 0.341 e. The average Bonchev–Trinajstić information content (AvgIpc) is 3.09. The first-order valence-corrected chi connectivity index (χ1v) is 9.14. The Morgan fingerprint density at radius 3 is 2.53 bits per heavy atom. The Hall–Kier alpha value is -3.40. The van der Waals surface area contributed by atoms with Crippen molar-refractivity contribution in [3.63, 3.8) is 0 Å². The van der Waals surface area contributed by atoms with E-state index in [2.05, 4.69) is 4.98 Å². The van der Waals surface area contributed by atoms with Crippen molar-refractivity contribution in [1.29, 1.82) is 0 Å². The molecule has 1 saturated heterocycles. The van der Waals surface area contributed by atoms with E-state index in [4.69, 9.17) is 5.73 Å². The van der Waals surface area contributed by atoms with E-state index in [0.717, 1.165) is 24.4 Å². The number of alkyl halides is 1. The number of fused-ring (bicyclic) bond motifs is 1. The molecule has 3 aromatic rings. The van der Waals surface area contributed by atoms with Crippen LogP contribution in [0.3, 0.4) is 0 Å². The van der Waals surface area contributed by atoms with Crippen LogP contribution >= 0.6 is 0 Å². The molecule has 10 heteroatoms. The maximum absolute atomic E-state index is 14.8. The Morgan fingerprint density at radius 1 is 1.23 bits per heavy atom. The van der Waals surface area contributed by atoms with Crippen molar-refractivity contribution >= 4 is 22.8 Å². The first-order chi connectivity index (χ1) is 14.3. The van der Waals surface area contributed by atoms with Gasteiger partial charge in [-0.25, -0.2) is 22.9 Å². The molecule has 4 rings (SSSR count). The molecular weight excluding hydrogens is 401 g/mol. The minimum Gasteiger partial charge on any atom is -0.477 e. The fraction of sp³-hybridized carbons (Fsp3) is 0.250. The number of rotatable bonds is 4. The lowest BCUT2D eigenvalue weighted by molar-refractivity contribution is 0.0695. The van der Waals surface area contributed by atoms with Crippen LogP contribution in [0.1, 0.15) is 10.4 Å². The van der Waals surface area contributed by atoms with Crippen molar-refractivity contribution in [2.75, 3.05) is 24.5 Å². The Morgan fingerprint density at radius 2 is 1.93 bits per heavy atom. The topological polar surface area (TPSA) is 101 Å². The summed E-state index contributed by atoms with van der Waals surface area (Å²) in [6.45, 7) is 0.140. The van der Waals surface area contributed by atoms with Crippen molar-refractivity contribution in [2.24, 2.45) is 11.7 Å². The van der Waals surface area contributed by atoms with Crippen LogP contribution in [-0.2, 0) is 0 Å². The van der Waals surface area contributed by atoms with Gasteiger partial charge in [-0.05, 0) is 36.9 Å². The predicted octanol–water partition coefficient (Wildman–Crippen LogP) is 2.10. The number of pyridine rings is 2. The highest BCUT2D eigenvalue weighted by Crippen LogP contribution is 2.29. The minimum absolute atomic E-state index is 0.0281. The van der Waals surface area contributed by atoms with E-state index < -0.39 is 40.7 Å². The number of carbonyl (C=O) groups is 1. The number of aromatic nitrogens is 2. The molecule has 2 aromatic heterocycles. The molecule has 0 saturated carbocycles. The molecule has 1 aliphatic heterocycles. The second-order valence-corrected chi connectivity index (χ2v) is 7.11. The van der Waals surface area contributed by atoms with E-state index in [9.17, 15) is 27.9 Å². The number of benzene rings is 1. The largest absolute Gasteiger partial charge is 0.477 e. The van der Waals surface area contributed by atoms with Gasteiger partial charge in [0.1, 0.15) is 17.6 Å². The van der Waals surface area contributed by atoms with Gasteiger partial charge in [-0.2, -0.15) is 0 Å². The first-order valence-electron chi connectivity index (χ1n) is 9.14. The summed E-state index contributed by atoms with van der Waals surface area (Å²) in [5.41, 5.74) is 4.35. The van der Waals surface area contributed by atoms with Crippen LogP contribution in [0, 0.1) is 17.6 Å². The van der Waals surface area contributed by atoms with Crippen molar-refractivity contribution in [1.82, 2.24) is 9.55 Å². The molecule has 3 N–H and O–H groups in total. The van der Waals surface area contributed by atoms with Gasteiger partial charge < -0.3 is 20.3 Å². The highest BCUT2D eigenvalue weighted by molar-refractivity contribution is 5.92. The van der Waals surface area contributed by atoms with Crippen LogP contribution in [-0.4, -0.2) is 46.4 Å². The number of aromatic carboxylic acids is 1. The molecule has 156 valence electrons. The average molecular weight is 418 g/mol. The summed E-state index contributed by atoms with van der Waals surface area (Å²) < 4.78 is 43.6. The normalized spacial score (nSPS) is 18.9. The molecule has 0 aliphatic carbocycles. The molecule has 2 unspecified atom stereocenters. The summed E-state index contributed by atoms with van der Waals surface area (Å²) in [6.07, 6.45) is -0.194. The number of nitrogens with zero attached hydrogens (tertiary/aromatic N) is 3. The third kappa shape index (κ3) is 3.28. The minimum atomic E-state index is -1.49. The van der Waals surface area contributed by atoms with Gasteiger partial charge >= 0.3 is 5.97 Å². The van der Waals surface area contributed by atoms with Crippen LogP contribution < -0.4 is 16.1 Å². The second kappa shape index (κ2) is 7.45. The molecule has 1 aromatic carbocycles. The van der Waals surface area contributed by atoms with Crippen molar-refractivity contribution in [2.45, 2.75) is 6.17 Å². The van der Waals surface area contributed by atoms with E-state index in [1.165, 1.54) is 21.6 Å². The maximum Gasteiger partial charge on any atom is 0.341 e. The lowest BCUT2D eigenvalue weighted by Crippen LogP contribution is -2.26. The molecule has 1 aliphatic rings. The van der Waals surface area contributed by atoms with Crippen LogP contribution in [0.25, 0.3) is 16.7 Å². The lowest BCUT2D eigenvalue weighted by Gasteiger charge is -2.19. The molecule has 30 heavy (non-hydrogen) atoms. The van der Waals surface area contributed by atoms with E-state index in [1.807, 2.05) is 0 Å². The zero-order chi connectivity index (χ0) is 21.6. The molecule has 7 nitrogen and oxygen atoms in total. The van der Waals surface area contributed by atoms with Crippen LogP contribution in [0.5, 0.6) is 0 Å². The van der Waals surface area contributed by atoms with Gasteiger partial charge in [-0.3, -0.25) is 4.79 Å². The van der Waals surface area contributed by atoms with Gasteiger partial charge in [0.05, 0.1) is 11.9 Å². The van der Waals surface area contributed by atoms with Crippen LogP contribution in [0.4, 0.5) is 19.0 Å². The summed E-state index contributed by atoms with van der Waals surface area (Å²) in [5.74, 6) is -3.53. The van der Waals surface area contributed by atoms with Crippen LogP contribution in [0.2, 0.25) is 0 Å². The standard InChI is InChI=1S/C20H17F3N4O3/c21-11-1-3-12(4-2-11)27-8-14(20(29)30)17(28)13-5-15(22)19(25-18(13)27)26-7-10(6-24)16(23)9-26/h1-5,8,10,16H,6-7,9,24H2,(H,29,30). The number of hydrogen-bond acceptors (Lipinski definition) is 5. The zero-order valence-corrected chi connectivity index (χ0v) is 15.6. The Labute approximate surface area is 168 Å². The number of carboxylic acids is 1. The summed E-state index contributed by atoms with van der Waals surface area (Å²) in [7, 11) is 0. The molecule has 2 atom stereocenters. The van der Waals surface area contributed by atoms with Gasteiger partial charge in [0.15, 0.2) is 17.3 Å². The third-order valence-electron chi connectivity index (χ3n) is 5.21. The van der Waals surface area contributed by atoms with Crippen molar-refractivity contribution < 1.29 is 23.1 Å². The Balaban J connectivity index is 1.97. The van der Waals surface area contributed by atoms with E-state index in [1.54, 1.807) is 0 Å².